The second kappa shape index (κ2) is 6.04. The summed E-state index contributed by atoms with van der Waals surface area (Å²) in [6, 6.07) is 4.43. The highest BCUT2D eigenvalue weighted by Crippen LogP contribution is 2.35. The first kappa shape index (κ1) is 16.4. The molecule has 112 valence electrons. The van der Waals surface area contributed by atoms with Gasteiger partial charge in [0.15, 0.2) is 10.3 Å². The molecule has 0 aliphatic heterocycles. The molecule has 0 fully saturated rings. The number of hydrogen-bond donors (Lipinski definition) is 3. The monoisotopic (exact) mass is 414 g/mol. The van der Waals surface area contributed by atoms with E-state index in [-0.39, 0.29) is 25.6 Å². The lowest BCUT2D eigenvalue weighted by Gasteiger charge is -2.05. The number of anilines is 1. The van der Waals surface area contributed by atoms with E-state index in [0.717, 1.165) is 0 Å². The van der Waals surface area contributed by atoms with Crippen molar-refractivity contribution in [1.82, 2.24) is 14.8 Å². The maximum absolute atomic E-state index is 12.0. The number of benzene rings is 1. The van der Waals surface area contributed by atoms with E-state index in [1.165, 1.54) is 18.2 Å². The summed E-state index contributed by atoms with van der Waals surface area (Å²) in [4.78, 5) is 29.9. The zero-order valence-electron chi connectivity index (χ0n) is 9.87. The molecule has 0 spiro atoms. The molecule has 0 radical (unpaired) electrons. The Balaban J connectivity index is 2.29. The van der Waals surface area contributed by atoms with Crippen LogP contribution in [0.5, 0.6) is 0 Å². The molecule has 2 rings (SSSR count). The first-order chi connectivity index (χ1) is 9.68. The van der Waals surface area contributed by atoms with Crippen molar-refractivity contribution >= 4 is 58.5 Å². The minimum Gasteiger partial charge on any atom is -0.319 e. The molecule has 3 N–H and O–H groups in total. The fourth-order valence-electron chi connectivity index (χ4n) is 1.31. The van der Waals surface area contributed by atoms with Crippen molar-refractivity contribution in [1.29, 1.82) is 0 Å². The molecule has 0 unspecified atom stereocenters. The van der Waals surface area contributed by atoms with Crippen LogP contribution < -0.4 is 5.32 Å². The number of nitrogens with one attached hydrogen (secondary N) is 1. The van der Waals surface area contributed by atoms with Crippen molar-refractivity contribution in [2.45, 2.75) is 0 Å². The Bertz CT molecular complexity index is 762. The van der Waals surface area contributed by atoms with Gasteiger partial charge in [0.2, 0.25) is 0 Å². The predicted molar refractivity (Wildman–Crippen MR) is 79.6 cm³/mol. The van der Waals surface area contributed by atoms with Crippen LogP contribution in [-0.4, -0.2) is 30.5 Å². The van der Waals surface area contributed by atoms with Gasteiger partial charge < -0.3 is 15.1 Å². The largest absolute Gasteiger partial charge is 0.466 e. The van der Waals surface area contributed by atoms with Crippen LogP contribution in [0.1, 0.15) is 10.5 Å². The fraction of sp³-hybridized carbons (Fsp3) is 0. The Morgan fingerprint density at radius 1 is 1.33 bits per heavy atom. The molecule has 1 aromatic carbocycles. The summed E-state index contributed by atoms with van der Waals surface area (Å²) in [5, 5.41) is 9.89. The number of rotatable bonds is 3. The van der Waals surface area contributed by atoms with Gasteiger partial charge in [-0.2, -0.15) is 0 Å². The lowest BCUT2D eigenvalue weighted by atomic mass is 10.3. The molecular weight excluding hydrogens is 410 g/mol. The van der Waals surface area contributed by atoms with Gasteiger partial charge in [-0.05, 0) is 34.1 Å². The number of carbonyl (C=O) groups is 1. The Morgan fingerprint density at radius 3 is 2.52 bits per heavy atom. The molecule has 1 heterocycles. The smallest absolute Gasteiger partial charge is 0.319 e. The maximum Gasteiger partial charge on any atom is 0.466 e. The maximum atomic E-state index is 12.0. The van der Waals surface area contributed by atoms with Crippen LogP contribution in [-0.2, 0) is 4.57 Å². The molecule has 0 aliphatic carbocycles. The highest BCUT2D eigenvalue weighted by atomic mass is 79.9. The third-order valence-corrected chi connectivity index (χ3v) is 3.92. The highest BCUT2D eigenvalue weighted by Gasteiger charge is 2.25. The van der Waals surface area contributed by atoms with E-state index in [0.29, 0.717) is 5.02 Å². The molecule has 8 nitrogen and oxygen atoms in total. The van der Waals surface area contributed by atoms with Crippen molar-refractivity contribution in [2.24, 2.45) is 0 Å². The normalized spacial score (nSPS) is 11.5. The Kier molecular flexibility index (Phi) is 4.72. The lowest BCUT2D eigenvalue weighted by molar-refractivity contribution is 0.102. The van der Waals surface area contributed by atoms with Crippen molar-refractivity contribution in [3.05, 3.63) is 38.5 Å². The Morgan fingerprint density at radius 2 is 2.00 bits per heavy atom. The van der Waals surface area contributed by atoms with Crippen LogP contribution in [0.2, 0.25) is 10.0 Å². The third-order valence-electron chi connectivity index (χ3n) is 2.19. The summed E-state index contributed by atoms with van der Waals surface area (Å²) in [5.74, 6) is -0.745. The molecule has 21 heavy (non-hydrogen) atoms. The molecule has 1 aromatic heterocycles. The van der Waals surface area contributed by atoms with Gasteiger partial charge in [0.1, 0.15) is 0 Å². The Labute approximate surface area is 136 Å². The van der Waals surface area contributed by atoms with Crippen LogP contribution in [0, 0.1) is 0 Å². The highest BCUT2D eigenvalue weighted by molar-refractivity contribution is 9.10. The summed E-state index contributed by atoms with van der Waals surface area (Å²) in [6.07, 6.45) is 0. The van der Waals surface area contributed by atoms with Gasteiger partial charge in [0, 0.05) is 5.02 Å². The fourth-order valence-corrected chi connectivity index (χ4v) is 2.71. The molecule has 12 heteroatoms. The van der Waals surface area contributed by atoms with Crippen molar-refractivity contribution in [3.8, 4) is 0 Å². The van der Waals surface area contributed by atoms with Crippen LogP contribution in [0.15, 0.2) is 22.8 Å². The summed E-state index contributed by atoms with van der Waals surface area (Å²) in [6.45, 7) is 0. The standard InChI is InChI=1S/C9H6BrCl2N4O4P/c10-8-7(14-16(15-8)21(18,19)20)9(17)13-6-2-1-4(11)3-5(6)12/h1-3H,(H,13,17)(H2,18,19,20). The van der Waals surface area contributed by atoms with E-state index >= 15 is 0 Å². The van der Waals surface area contributed by atoms with Gasteiger partial charge in [-0.1, -0.05) is 27.8 Å². The number of aromatic nitrogens is 3. The van der Waals surface area contributed by atoms with E-state index in [1.54, 1.807) is 0 Å². The van der Waals surface area contributed by atoms with Crippen LogP contribution >= 0.6 is 46.9 Å². The van der Waals surface area contributed by atoms with Crippen molar-refractivity contribution in [3.63, 3.8) is 0 Å². The quantitative estimate of drug-likeness (QED) is 0.663. The average molecular weight is 416 g/mol. The zero-order valence-corrected chi connectivity index (χ0v) is 13.9. The Hall–Kier alpha value is -0.960. The van der Waals surface area contributed by atoms with E-state index < -0.39 is 13.7 Å². The first-order valence-electron chi connectivity index (χ1n) is 5.14. The topological polar surface area (TPSA) is 117 Å². The number of halogens is 3. The molecule has 0 atom stereocenters. The summed E-state index contributed by atoms with van der Waals surface area (Å²) in [5.41, 5.74) is -0.0342. The van der Waals surface area contributed by atoms with Gasteiger partial charge in [-0.15, -0.1) is 10.2 Å². The summed E-state index contributed by atoms with van der Waals surface area (Å²) in [7, 11) is -4.72. The van der Waals surface area contributed by atoms with Crippen molar-refractivity contribution < 1.29 is 19.1 Å². The van der Waals surface area contributed by atoms with E-state index in [1.807, 2.05) is 0 Å². The lowest BCUT2D eigenvalue weighted by Crippen LogP contribution is -2.14. The molecule has 0 bridgehead atoms. The van der Waals surface area contributed by atoms with Crippen LogP contribution in [0.3, 0.4) is 0 Å². The average Bonchev–Trinajstić information content (AvgIpc) is 2.75. The SMILES string of the molecule is O=C(Nc1ccc(Cl)cc1Cl)c1nn(P(=O)(O)O)nc1Br. The second-order valence-corrected chi connectivity index (χ2v) is 6.68. The molecule has 0 aliphatic rings. The first-order valence-corrected chi connectivity index (χ1v) is 8.25. The summed E-state index contributed by atoms with van der Waals surface area (Å²) >= 11 is 14.5. The van der Waals surface area contributed by atoms with Crippen LogP contribution in [0.25, 0.3) is 0 Å². The minimum absolute atomic E-state index is 0.117. The predicted octanol–water partition coefficient (Wildman–Crippen LogP) is 2.54. The zero-order chi connectivity index (χ0) is 15.8. The van der Waals surface area contributed by atoms with E-state index in [4.69, 9.17) is 33.0 Å². The molecular formula is C9H6BrCl2N4O4P. The summed E-state index contributed by atoms with van der Waals surface area (Å²) < 4.78 is 11.0. The third kappa shape index (κ3) is 3.82. The molecule has 1 amide bonds. The van der Waals surface area contributed by atoms with Gasteiger partial charge in [-0.25, -0.2) is 4.57 Å². The minimum atomic E-state index is -4.72. The van der Waals surface area contributed by atoms with E-state index in [9.17, 15) is 9.36 Å². The molecule has 0 saturated carbocycles. The second-order valence-electron chi connectivity index (χ2n) is 3.70. The van der Waals surface area contributed by atoms with Gasteiger partial charge in [0.05, 0.1) is 10.7 Å². The number of carbonyl (C=O) groups excluding carboxylic acids is 1. The number of amides is 1. The number of nitrogens with zero attached hydrogens (tertiary/aromatic N) is 3. The molecule has 2 aromatic rings. The molecule has 0 saturated heterocycles. The van der Waals surface area contributed by atoms with Crippen LogP contribution in [0.4, 0.5) is 5.69 Å². The van der Waals surface area contributed by atoms with Crippen molar-refractivity contribution in [2.75, 3.05) is 5.32 Å². The van der Waals surface area contributed by atoms with Gasteiger partial charge in [0.25, 0.3) is 5.91 Å². The van der Waals surface area contributed by atoms with E-state index in [2.05, 4.69) is 31.4 Å². The van der Waals surface area contributed by atoms with Gasteiger partial charge in [-0.3, -0.25) is 4.79 Å². The number of hydrogen-bond acceptors (Lipinski definition) is 4. The van der Waals surface area contributed by atoms with Gasteiger partial charge >= 0.3 is 7.75 Å².